The molecule has 1 saturated carbocycles. The molecule has 0 aromatic heterocycles. The van der Waals surface area contributed by atoms with Crippen LogP contribution in [0.25, 0.3) is 0 Å². The maximum Gasteiger partial charge on any atom is 0.320 e. The van der Waals surface area contributed by atoms with E-state index in [0.29, 0.717) is 0 Å². The average molecular weight is 216 g/mol. The summed E-state index contributed by atoms with van der Waals surface area (Å²) in [5, 5.41) is 0. The van der Waals surface area contributed by atoms with E-state index in [1.165, 1.54) is 7.11 Å². The molecule has 0 amide bonds. The van der Waals surface area contributed by atoms with E-state index in [1.807, 2.05) is 0 Å². The third kappa shape index (κ3) is 1.36. The number of cyclic esters (lactones) is 2. The number of carbonyl (C=O) groups excluding carboxylic acids is 3. The molecule has 4 atom stereocenters. The minimum absolute atomic E-state index is 0.281. The molecule has 1 saturated heterocycles. The molecule has 5 nitrogen and oxygen atoms in total. The molecular formula is C9H9FO5. The highest BCUT2D eigenvalue weighted by atomic mass is 19.1. The summed E-state index contributed by atoms with van der Waals surface area (Å²) in [6, 6.07) is 0. The van der Waals surface area contributed by atoms with Crippen LogP contribution in [0.15, 0.2) is 0 Å². The molecule has 0 bridgehead atoms. The number of halogens is 1. The average Bonchev–Trinajstić information content (AvgIpc) is 2.45. The zero-order valence-corrected chi connectivity index (χ0v) is 7.94. The van der Waals surface area contributed by atoms with Gasteiger partial charge in [-0.25, -0.2) is 4.39 Å². The van der Waals surface area contributed by atoms with Crippen LogP contribution in [0.3, 0.4) is 0 Å². The molecule has 0 N–H and O–H groups in total. The van der Waals surface area contributed by atoms with Crippen molar-refractivity contribution in [2.24, 2.45) is 11.8 Å². The minimum Gasteiger partial charge on any atom is -0.393 e. The summed E-state index contributed by atoms with van der Waals surface area (Å²) < 4.78 is 22.5. The largest absolute Gasteiger partial charge is 0.393 e. The van der Waals surface area contributed by atoms with Gasteiger partial charge < -0.3 is 9.47 Å². The SMILES string of the molecule is CO[C@H]1[C@@H]2C(=O)OC(=O)[C@@H]2CC(=O)[C@@H]1F. The lowest BCUT2D eigenvalue weighted by molar-refractivity contribution is -0.155. The number of hydrogen-bond acceptors (Lipinski definition) is 5. The Bertz CT molecular complexity index is 339. The van der Waals surface area contributed by atoms with Crippen LogP contribution in [0, 0.1) is 11.8 Å². The van der Waals surface area contributed by atoms with Gasteiger partial charge in [-0.15, -0.1) is 0 Å². The van der Waals surface area contributed by atoms with Crippen LogP contribution < -0.4 is 0 Å². The number of alkyl halides is 1. The summed E-state index contributed by atoms with van der Waals surface area (Å²) in [4.78, 5) is 33.6. The van der Waals surface area contributed by atoms with Gasteiger partial charge in [0.15, 0.2) is 12.0 Å². The standard InChI is InChI=1S/C9H9FO5/c1-14-7-5-3(2-4(11)6(7)10)8(12)15-9(5)13/h3,5-7H,2H2,1H3/t3-,5-,6+,7+/m1/s1. The van der Waals surface area contributed by atoms with Crippen LogP contribution >= 0.6 is 0 Å². The lowest BCUT2D eigenvalue weighted by Crippen LogP contribution is -2.48. The monoisotopic (exact) mass is 216 g/mol. The third-order valence-electron chi connectivity index (χ3n) is 2.85. The van der Waals surface area contributed by atoms with Gasteiger partial charge in [-0.1, -0.05) is 0 Å². The summed E-state index contributed by atoms with van der Waals surface area (Å²) >= 11 is 0. The van der Waals surface area contributed by atoms with Crippen molar-refractivity contribution in [3.63, 3.8) is 0 Å². The van der Waals surface area contributed by atoms with E-state index in [2.05, 4.69) is 4.74 Å². The molecule has 1 aliphatic heterocycles. The van der Waals surface area contributed by atoms with Crippen molar-refractivity contribution in [3.05, 3.63) is 0 Å². The van der Waals surface area contributed by atoms with Gasteiger partial charge in [-0.3, -0.25) is 14.4 Å². The van der Waals surface area contributed by atoms with Crippen LogP contribution in [-0.2, 0) is 23.9 Å². The number of carbonyl (C=O) groups is 3. The quantitative estimate of drug-likeness (QED) is 0.441. The first-order valence-corrected chi connectivity index (χ1v) is 4.51. The summed E-state index contributed by atoms with van der Waals surface area (Å²) in [5.41, 5.74) is 0. The van der Waals surface area contributed by atoms with E-state index in [0.717, 1.165) is 0 Å². The fourth-order valence-corrected chi connectivity index (χ4v) is 2.09. The number of fused-ring (bicyclic) bond motifs is 1. The summed E-state index contributed by atoms with van der Waals surface area (Å²) in [5.74, 6) is -4.12. The van der Waals surface area contributed by atoms with Crippen LogP contribution in [-0.4, -0.2) is 37.1 Å². The number of hydrogen-bond donors (Lipinski definition) is 0. The third-order valence-corrected chi connectivity index (χ3v) is 2.85. The molecule has 2 rings (SSSR count). The summed E-state index contributed by atoms with van der Waals surface area (Å²) in [6.45, 7) is 0. The maximum atomic E-state index is 13.4. The van der Waals surface area contributed by atoms with Crippen molar-refractivity contribution in [1.82, 2.24) is 0 Å². The van der Waals surface area contributed by atoms with Crippen molar-refractivity contribution < 1.29 is 28.2 Å². The van der Waals surface area contributed by atoms with Gasteiger partial charge in [0.1, 0.15) is 12.0 Å². The first-order chi connectivity index (χ1) is 7.06. The Morgan fingerprint density at radius 2 is 2.00 bits per heavy atom. The molecule has 0 radical (unpaired) electrons. The maximum absolute atomic E-state index is 13.4. The molecule has 1 heterocycles. The van der Waals surface area contributed by atoms with E-state index in [9.17, 15) is 18.8 Å². The number of ether oxygens (including phenoxy) is 2. The highest BCUT2D eigenvalue weighted by molar-refractivity contribution is 6.02. The second kappa shape index (κ2) is 3.37. The second-order valence-electron chi connectivity index (χ2n) is 3.64. The van der Waals surface area contributed by atoms with E-state index in [1.54, 1.807) is 0 Å². The molecule has 0 spiro atoms. The predicted octanol–water partition coefficient (Wildman–Crippen LogP) is -0.372. The van der Waals surface area contributed by atoms with Gasteiger partial charge in [-0.05, 0) is 0 Å². The number of ketones is 1. The molecule has 0 aromatic rings. The zero-order valence-electron chi connectivity index (χ0n) is 7.94. The first-order valence-electron chi connectivity index (χ1n) is 4.51. The van der Waals surface area contributed by atoms with Crippen LogP contribution in [0.1, 0.15) is 6.42 Å². The molecule has 2 fully saturated rings. The van der Waals surface area contributed by atoms with Crippen molar-refractivity contribution in [2.45, 2.75) is 18.7 Å². The van der Waals surface area contributed by atoms with Gasteiger partial charge >= 0.3 is 11.9 Å². The number of Topliss-reactive ketones (excluding diaryl/α,β-unsaturated/α-hetero) is 1. The van der Waals surface area contributed by atoms with Crippen molar-refractivity contribution in [2.75, 3.05) is 7.11 Å². The van der Waals surface area contributed by atoms with E-state index in [4.69, 9.17) is 4.74 Å². The Labute approximate surface area is 84.5 Å². The molecule has 1 aliphatic carbocycles. The Kier molecular flexibility index (Phi) is 2.30. The Morgan fingerprint density at radius 1 is 1.33 bits per heavy atom. The molecule has 0 aromatic carbocycles. The lowest BCUT2D eigenvalue weighted by atomic mass is 9.77. The second-order valence-corrected chi connectivity index (χ2v) is 3.64. The highest BCUT2D eigenvalue weighted by Gasteiger charge is 2.56. The van der Waals surface area contributed by atoms with Crippen LogP contribution in [0.2, 0.25) is 0 Å². The predicted molar refractivity (Wildman–Crippen MR) is 43.4 cm³/mol. The normalized spacial score (nSPS) is 40.3. The van der Waals surface area contributed by atoms with Gasteiger partial charge in [0.25, 0.3) is 0 Å². The van der Waals surface area contributed by atoms with E-state index in [-0.39, 0.29) is 6.42 Å². The topological polar surface area (TPSA) is 69.7 Å². The Hall–Kier alpha value is -1.30. The van der Waals surface area contributed by atoms with Gasteiger partial charge in [0.2, 0.25) is 0 Å². The fourth-order valence-electron chi connectivity index (χ4n) is 2.09. The fraction of sp³-hybridized carbons (Fsp3) is 0.667. The van der Waals surface area contributed by atoms with Gasteiger partial charge in [0, 0.05) is 13.5 Å². The molecular weight excluding hydrogens is 207 g/mol. The molecule has 2 aliphatic rings. The smallest absolute Gasteiger partial charge is 0.320 e. The molecule has 0 unspecified atom stereocenters. The van der Waals surface area contributed by atoms with Gasteiger partial charge in [-0.2, -0.15) is 0 Å². The molecule has 82 valence electrons. The van der Waals surface area contributed by atoms with Crippen molar-refractivity contribution in [3.8, 4) is 0 Å². The Balaban J connectivity index is 2.33. The number of esters is 2. The molecule has 6 heteroatoms. The number of rotatable bonds is 1. The summed E-state index contributed by atoms with van der Waals surface area (Å²) in [6.07, 6.45) is -3.33. The van der Waals surface area contributed by atoms with Crippen molar-refractivity contribution >= 4 is 17.7 Å². The van der Waals surface area contributed by atoms with E-state index < -0.39 is 41.8 Å². The van der Waals surface area contributed by atoms with Crippen molar-refractivity contribution in [1.29, 1.82) is 0 Å². The highest BCUT2D eigenvalue weighted by Crippen LogP contribution is 2.37. The van der Waals surface area contributed by atoms with Crippen LogP contribution in [0.4, 0.5) is 4.39 Å². The van der Waals surface area contributed by atoms with E-state index >= 15 is 0 Å². The first kappa shape index (κ1) is 10.2. The lowest BCUT2D eigenvalue weighted by Gasteiger charge is -2.29. The number of methoxy groups -OCH3 is 1. The summed E-state index contributed by atoms with van der Waals surface area (Å²) in [7, 11) is 1.20. The Morgan fingerprint density at radius 3 is 2.60 bits per heavy atom. The zero-order chi connectivity index (χ0) is 11.2. The minimum atomic E-state index is -1.85. The molecule has 15 heavy (non-hydrogen) atoms. The van der Waals surface area contributed by atoms with Gasteiger partial charge in [0.05, 0.1) is 5.92 Å². The van der Waals surface area contributed by atoms with Crippen LogP contribution in [0.5, 0.6) is 0 Å².